The van der Waals surface area contributed by atoms with Crippen molar-refractivity contribution in [2.24, 2.45) is 0 Å². The first-order valence-corrected chi connectivity index (χ1v) is 10.0. The smallest absolute Gasteiger partial charge is 0.318 e. The zero-order valence-electron chi connectivity index (χ0n) is 13.4. The first kappa shape index (κ1) is 17.2. The highest BCUT2D eigenvalue weighted by Gasteiger charge is 2.21. The molecule has 5 nitrogen and oxygen atoms in total. The molecule has 0 N–H and O–H groups in total. The Bertz CT molecular complexity index is 928. The van der Waals surface area contributed by atoms with Gasteiger partial charge in [0.15, 0.2) is 5.16 Å². The van der Waals surface area contributed by atoms with Gasteiger partial charge in [-0.25, -0.2) is 4.98 Å². The molecule has 24 heavy (non-hydrogen) atoms. The summed E-state index contributed by atoms with van der Waals surface area (Å²) in [7, 11) is 1.36. The van der Waals surface area contributed by atoms with E-state index in [1.807, 2.05) is 29.8 Å². The van der Waals surface area contributed by atoms with Crippen LogP contribution in [-0.4, -0.2) is 27.9 Å². The number of carbonyl (C=O) groups excluding carboxylic acids is 1. The zero-order chi connectivity index (χ0) is 17.3. The summed E-state index contributed by atoms with van der Waals surface area (Å²) in [5.41, 5.74) is 0.869. The quantitative estimate of drug-likeness (QED) is 0.382. The monoisotopic (exact) mass is 380 g/mol. The van der Waals surface area contributed by atoms with Gasteiger partial charge in [-0.05, 0) is 25.3 Å². The first-order chi connectivity index (χ1) is 11.6. The number of hydrogen-bond donors (Lipinski definition) is 0. The van der Waals surface area contributed by atoms with E-state index in [1.54, 1.807) is 22.8 Å². The number of esters is 1. The Morgan fingerprint density at radius 3 is 2.88 bits per heavy atom. The minimum Gasteiger partial charge on any atom is -0.468 e. The predicted octanol–water partition coefficient (Wildman–Crippen LogP) is 3.86. The number of fused-ring (bicyclic) bond motifs is 1. The van der Waals surface area contributed by atoms with E-state index in [0.717, 1.165) is 10.4 Å². The minimum atomic E-state index is -0.422. The first-order valence-electron chi connectivity index (χ1n) is 7.37. The lowest BCUT2D eigenvalue weighted by atomic mass is 10.2. The molecule has 0 unspecified atom stereocenters. The molecule has 0 aliphatic rings. The van der Waals surface area contributed by atoms with E-state index >= 15 is 0 Å². The third kappa shape index (κ3) is 3.01. The van der Waals surface area contributed by atoms with Crippen LogP contribution in [0.3, 0.4) is 0 Å². The Balaban J connectivity index is 2.13. The van der Waals surface area contributed by atoms with Gasteiger partial charge in [0.05, 0.1) is 12.5 Å². The van der Waals surface area contributed by atoms with Crippen LogP contribution in [0.5, 0.6) is 0 Å². The molecule has 0 spiro atoms. The Labute approximate surface area is 151 Å². The maximum absolute atomic E-state index is 13.0. The maximum atomic E-state index is 13.0. The number of carbonyl (C=O) groups is 1. The summed E-state index contributed by atoms with van der Waals surface area (Å²) in [4.78, 5) is 31.1. The van der Waals surface area contributed by atoms with Crippen LogP contribution < -0.4 is 5.56 Å². The van der Waals surface area contributed by atoms with Crippen molar-refractivity contribution in [3.05, 3.63) is 33.2 Å². The molecule has 0 radical (unpaired) electrons. The van der Waals surface area contributed by atoms with Crippen LogP contribution in [0.15, 0.2) is 32.8 Å². The highest BCUT2D eigenvalue weighted by Crippen LogP contribution is 2.35. The number of thiophene rings is 2. The van der Waals surface area contributed by atoms with Crippen molar-refractivity contribution in [3.63, 3.8) is 0 Å². The fourth-order valence-electron chi connectivity index (χ4n) is 2.36. The van der Waals surface area contributed by atoms with Crippen LogP contribution in [-0.2, 0) is 16.1 Å². The number of nitrogens with zero attached hydrogens (tertiary/aromatic N) is 2. The van der Waals surface area contributed by atoms with E-state index < -0.39 is 5.25 Å². The van der Waals surface area contributed by atoms with E-state index in [0.29, 0.717) is 21.9 Å². The van der Waals surface area contributed by atoms with Gasteiger partial charge in [0.25, 0.3) is 5.56 Å². The van der Waals surface area contributed by atoms with E-state index in [-0.39, 0.29) is 11.5 Å². The van der Waals surface area contributed by atoms with Gasteiger partial charge in [0.2, 0.25) is 0 Å². The lowest BCUT2D eigenvalue weighted by molar-refractivity contribution is -0.139. The van der Waals surface area contributed by atoms with Crippen LogP contribution >= 0.6 is 34.4 Å². The molecule has 1 atom stereocenters. The fraction of sp³-hybridized carbons (Fsp3) is 0.312. The molecular weight excluding hydrogens is 364 g/mol. The topological polar surface area (TPSA) is 61.2 Å². The Morgan fingerprint density at radius 2 is 2.25 bits per heavy atom. The van der Waals surface area contributed by atoms with Crippen LogP contribution in [0.1, 0.15) is 13.8 Å². The molecule has 3 aromatic heterocycles. The maximum Gasteiger partial charge on any atom is 0.318 e. The van der Waals surface area contributed by atoms with Gasteiger partial charge in [-0.2, -0.15) is 0 Å². The molecule has 0 saturated carbocycles. The number of thioether (sulfide) groups is 1. The molecule has 3 aromatic rings. The summed E-state index contributed by atoms with van der Waals surface area (Å²) in [5.74, 6) is -0.331. The van der Waals surface area contributed by atoms with Crippen molar-refractivity contribution in [1.29, 1.82) is 0 Å². The molecule has 0 saturated heterocycles. The number of hydrogen-bond acceptors (Lipinski definition) is 7. The summed E-state index contributed by atoms with van der Waals surface area (Å²) >= 11 is 4.31. The summed E-state index contributed by atoms with van der Waals surface area (Å²) in [5, 5.41) is 4.75. The molecule has 126 valence electrons. The molecular formula is C16H16N2O3S3. The zero-order valence-corrected chi connectivity index (χ0v) is 15.9. The van der Waals surface area contributed by atoms with Crippen LogP contribution in [0.4, 0.5) is 0 Å². The molecule has 0 bridgehead atoms. The number of methoxy groups -OCH3 is 1. The number of aromatic nitrogens is 2. The number of rotatable bonds is 5. The third-order valence-electron chi connectivity index (χ3n) is 3.58. The largest absolute Gasteiger partial charge is 0.468 e. The SMILES string of the molecule is CCn1c(S[C@@H](C)C(=O)OC)nc2scc(-c3cccs3)c2c1=O. The van der Waals surface area contributed by atoms with E-state index in [2.05, 4.69) is 4.98 Å². The van der Waals surface area contributed by atoms with E-state index in [1.165, 1.54) is 30.2 Å². The summed E-state index contributed by atoms with van der Waals surface area (Å²) < 4.78 is 6.38. The Kier molecular flexibility index (Phi) is 5.07. The van der Waals surface area contributed by atoms with Crippen molar-refractivity contribution in [2.75, 3.05) is 7.11 Å². The molecule has 0 aromatic carbocycles. The normalized spacial score (nSPS) is 12.5. The third-order valence-corrected chi connectivity index (χ3v) is 6.42. The second kappa shape index (κ2) is 7.08. The lowest BCUT2D eigenvalue weighted by Gasteiger charge is -2.13. The van der Waals surface area contributed by atoms with Crippen LogP contribution in [0.25, 0.3) is 20.7 Å². The molecule has 0 aliphatic heterocycles. The van der Waals surface area contributed by atoms with Crippen LogP contribution in [0, 0.1) is 0 Å². The second-order valence-corrected chi connectivity index (χ2v) is 8.15. The van der Waals surface area contributed by atoms with Gasteiger partial charge in [-0.15, -0.1) is 22.7 Å². The fourth-order valence-corrected chi connectivity index (χ4v) is 5.16. The molecule has 8 heteroatoms. The van der Waals surface area contributed by atoms with Gasteiger partial charge in [0, 0.05) is 22.4 Å². The molecule has 0 amide bonds. The van der Waals surface area contributed by atoms with Gasteiger partial charge < -0.3 is 4.74 Å². The molecule has 3 rings (SSSR count). The Hall–Kier alpha value is -1.64. The average molecular weight is 381 g/mol. The second-order valence-electron chi connectivity index (χ2n) is 5.03. The van der Waals surface area contributed by atoms with Gasteiger partial charge in [-0.3, -0.25) is 14.2 Å². The highest BCUT2D eigenvalue weighted by atomic mass is 32.2. The summed E-state index contributed by atoms with van der Waals surface area (Å²) in [6, 6.07) is 3.97. The standard InChI is InChI=1S/C16H16N2O3S3/c1-4-18-14(19)12-10(11-6-5-7-22-11)8-23-13(12)17-16(18)24-9(2)15(20)21-3/h5-9H,4H2,1-3H3/t9-/m0/s1. The van der Waals surface area contributed by atoms with E-state index in [9.17, 15) is 9.59 Å². The van der Waals surface area contributed by atoms with Gasteiger partial charge >= 0.3 is 5.97 Å². The van der Waals surface area contributed by atoms with Crippen molar-refractivity contribution < 1.29 is 9.53 Å². The number of ether oxygens (including phenoxy) is 1. The average Bonchev–Trinajstić information content (AvgIpc) is 3.23. The molecule has 3 heterocycles. The minimum absolute atomic E-state index is 0.0632. The van der Waals surface area contributed by atoms with Gasteiger partial charge in [-0.1, -0.05) is 17.8 Å². The molecule has 0 aliphatic carbocycles. The lowest BCUT2D eigenvalue weighted by Crippen LogP contribution is -2.24. The van der Waals surface area contributed by atoms with Crippen molar-refractivity contribution in [1.82, 2.24) is 9.55 Å². The summed E-state index contributed by atoms with van der Waals surface area (Å²) in [6.45, 7) is 4.15. The van der Waals surface area contributed by atoms with Crippen molar-refractivity contribution in [3.8, 4) is 10.4 Å². The highest BCUT2D eigenvalue weighted by molar-refractivity contribution is 8.00. The predicted molar refractivity (Wildman–Crippen MR) is 100 cm³/mol. The van der Waals surface area contributed by atoms with Crippen molar-refractivity contribution in [2.45, 2.75) is 30.8 Å². The van der Waals surface area contributed by atoms with Crippen LogP contribution in [0.2, 0.25) is 0 Å². The van der Waals surface area contributed by atoms with Gasteiger partial charge in [0.1, 0.15) is 10.1 Å². The Morgan fingerprint density at radius 1 is 1.46 bits per heavy atom. The van der Waals surface area contributed by atoms with E-state index in [4.69, 9.17) is 4.74 Å². The summed E-state index contributed by atoms with van der Waals surface area (Å²) in [6.07, 6.45) is 0. The van der Waals surface area contributed by atoms with Crippen molar-refractivity contribution >= 4 is 50.6 Å². The molecule has 0 fully saturated rings.